The van der Waals surface area contributed by atoms with E-state index in [0.29, 0.717) is 17.2 Å². The molecule has 2 nitrogen and oxygen atoms in total. The van der Waals surface area contributed by atoms with E-state index in [4.69, 9.17) is 22.1 Å². The van der Waals surface area contributed by atoms with Crippen molar-refractivity contribution in [2.24, 2.45) is 5.73 Å². The van der Waals surface area contributed by atoms with Gasteiger partial charge in [0.05, 0.1) is 0 Å². The normalized spacial score (nSPS) is 21.2. The fourth-order valence-electron chi connectivity index (χ4n) is 2.49. The molecule has 0 fully saturated rings. The number of benzene rings is 2. The second kappa shape index (κ2) is 5.08. The van der Waals surface area contributed by atoms with E-state index in [1.165, 1.54) is 12.1 Å². The van der Waals surface area contributed by atoms with Gasteiger partial charge in [0.2, 0.25) is 0 Å². The zero-order chi connectivity index (χ0) is 14.3. The van der Waals surface area contributed by atoms with Crippen LogP contribution in [0.2, 0.25) is 5.02 Å². The molecular weight excluding hydrogens is 277 g/mol. The smallest absolute Gasteiger partial charge is 0.127 e. The SMILES string of the molecule is Cc1ccc(C2C[C@H](N)c3ccc(F)cc3O2)cc1Cl. The first-order valence-electron chi connectivity index (χ1n) is 6.52. The molecule has 1 aliphatic heterocycles. The van der Waals surface area contributed by atoms with Crippen LogP contribution in [0, 0.1) is 12.7 Å². The number of ether oxygens (including phenoxy) is 1. The molecule has 0 aromatic heterocycles. The van der Waals surface area contributed by atoms with Crippen molar-refractivity contribution in [2.45, 2.75) is 25.5 Å². The van der Waals surface area contributed by atoms with Crippen LogP contribution in [0.5, 0.6) is 5.75 Å². The minimum absolute atomic E-state index is 0.163. The van der Waals surface area contributed by atoms with Crippen LogP contribution in [-0.2, 0) is 0 Å². The first-order chi connectivity index (χ1) is 9.54. The molecule has 1 unspecified atom stereocenters. The minimum Gasteiger partial charge on any atom is -0.485 e. The second-order valence-electron chi connectivity index (χ2n) is 5.14. The quantitative estimate of drug-likeness (QED) is 0.849. The molecule has 0 amide bonds. The third kappa shape index (κ3) is 2.39. The van der Waals surface area contributed by atoms with Gasteiger partial charge in [0.1, 0.15) is 17.7 Å². The molecule has 104 valence electrons. The number of halogens is 2. The Bertz CT molecular complexity index is 659. The molecule has 3 rings (SSSR count). The maximum absolute atomic E-state index is 13.3. The molecule has 2 N–H and O–H groups in total. The summed E-state index contributed by atoms with van der Waals surface area (Å²) in [5, 5.41) is 0.699. The van der Waals surface area contributed by atoms with Crippen molar-refractivity contribution in [1.29, 1.82) is 0 Å². The maximum Gasteiger partial charge on any atom is 0.127 e. The lowest BCUT2D eigenvalue weighted by atomic mass is 9.93. The molecule has 0 spiro atoms. The molecule has 0 saturated carbocycles. The van der Waals surface area contributed by atoms with Gasteiger partial charge < -0.3 is 10.5 Å². The fourth-order valence-corrected chi connectivity index (χ4v) is 2.68. The average molecular weight is 292 g/mol. The van der Waals surface area contributed by atoms with Crippen molar-refractivity contribution in [3.8, 4) is 5.75 Å². The van der Waals surface area contributed by atoms with E-state index < -0.39 is 0 Å². The Morgan fingerprint density at radius 1 is 1.25 bits per heavy atom. The Labute approximate surface area is 122 Å². The average Bonchev–Trinajstić information content (AvgIpc) is 2.41. The molecule has 0 bridgehead atoms. The monoisotopic (exact) mass is 291 g/mol. The number of fused-ring (bicyclic) bond motifs is 1. The standard InChI is InChI=1S/C16H15ClFNO/c1-9-2-3-10(6-13(9)17)15-8-14(19)12-5-4-11(18)7-16(12)20-15/h2-7,14-15H,8,19H2,1H3/t14-,15?/m0/s1. The first-order valence-corrected chi connectivity index (χ1v) is 6.90. The summed E-state index contributed by atoms with van der Waals surface area (Å²) < 4.78 is 19.2. The molecule has 2 aromatic rings. The maximum atomic E-state index is 13.3. The van der Waals surface area contributed by atoms with Gasteiger partial charge in [0.25, 0.3) is 0 Å². The lowest BCUT2D eigenvalue weighted by Crippen LogP contribution is -2.24. The van der Waals surface area contributed by atoms with E-state index in [2.05, 4.69) is 0 Å². The van der Waals surface area contributed by atoms with Crippen LogP contribution >= 0.6 is 11.6 Å². The van der Waals surface area contributed by atoms with Gasteiger partial charge in [-0.15, -0.1) is 0 Å². The summed E-state index contributed by atoms with van der Waals surface area (Å²) in [5.41, 5.74) is 8.98. The summed E-state index contributed by atoms with van der Waals surface area (Å²) in [6, 6.07) is 10.1. The molecule has 0 saturated heterocycles. The van der Waals surface area contributed by atoms with E-state index in [9.17, 15) is 4.39 Å². The summed E-state index contributed by atoms with van der Waals surface area (Å²) >= 11 is 6.15. The summed E-state index contributed by atoms with van der Waals surface area (Å²) in [4.78, 5) is 0. The number of hydrogen-bond acceptors (Lipinski definition) is 2. The number of hydrogen-bond donors (Lipinski definition) is 1. The summed E-state index contributed by atoms with van der Waals surface area (Å²) in [6.07, 6.45) is 0.454. The van der Waals surface area contributed by atoms with E-state index in [1.807, 2.05) is 25.1 Å². The molecule has 2 atom stereocenters. The Kier molecular flexibility index (Phi) is 3.40. The van der Waals surface area contributed by atoms with Crippen molar-refractivity contribution in [1.82, 2.24) is 0 Å². The highest BCUT2D eigenvalue weighted by Crippen LogP contribution is 2.40. The van der Waals surface area contributed by atoms with Crippen LogP contribution in [0.3, 0.4) is 0 Å². The molecule has 0 aliphatic carbocycles. The zero-order valence-electron chi connectivity index (χ0n) is 11.1. The van der Waals surface area contributed by atoms with Crippen molar-refractivity contribution in [2.75, 3.05) is 0 Å². The van der Waals surface area contributed by atoms with Gasteiger partial charge >= 0.3 is 0 Å². The van der Waals surface area contributed by atoms with Gasteiger partial charge in [0.15, 0.2) is 0 Å². The van der Waals surface area contributed by atoms with Gasteiger partial charge in [-0.05, 0) is 30.2 Å². The van der Waals surface area contributed by atoms with Gasteiger partial charge in [0, 0.05) is 29.1 Å². The van der Waals surface area contributed by atoms with Crippen LogP contribution in [0.1, 0.15) is 35.3 Å². The van der Waals surface area contributed by atoms with Crippen LogP contribution < -0.4 is 10.5 Å². The molecule has 1 heterocycles. The van der Waals surface area contributed by atoms with E-state index in [-0.39, 0.29) is 18.0 Å². The van der Waals surface area contributed by atoms with Crippen molar-refractivity contribution >= 4 is 11.6 Å². The molecule has 20 heavy (non-hydrogen) atoms. The summed E-state index contributed by atoms with van der Waals surface area (Å²) in [6.45, 7) is 1.95. The Hall–Kier alpha value is -1.58. The predicted molar refractivity (Wildman–Crippen MR) is 77.5 cm³/mol. The van der Waals surface area contributed by atoms with Crippen LogP contribution in [0.15, 0.2) is 36.4 Å². The molecule has 1 aliphatic rings. The van der Waals surface area contributed by atoms with Gasteiger partial charge in [-0.25, -0.2) is 4.39 Å². The largest absolute Gasteiger partial charge is 0.485 e. The molecule has 2 aromatic carbocycles. The van der Waals surface area contributed by atoms with Crippen LogP contribution in [0.25, 0.3) is 0 Å². The summed E-state index contributed by atoms with van der Waals surface area (Å²) in [5.74, 6) is 0.198. The minimum atomic E-state index is -0.321. The Morgan fingerprint density at radius 3 is 2.80 bits per heavy atom. The lowest BCUT2D eigenvalue weighted by molar-refractivity contribution is 0.161. The zero-order valence-corrected chi connectivity index (χ0v) is 11.8. The highest BCUT2D eigenvalue weighted by atomic mass is 35.5. The van der Waals surface area contributed by atoms with Crippen molar-refractivity contribution < 1.29 is 9.13 Å². The topological polar surface area (TPSA) is 35.2 Å². The third-order valence-electron chi connectivity index (χ3n) is 3.68. The highest BCUT2D eigenvalue weighted by molar-refractivity contribution is 6.31. The Morgan fingerprint density at radius 2 is 2.05 bits per heavy atom. The van der Waals surface area contributed by atoms with E-state index in [0.717, 1.165) is 16.7 Å². The number of aryl methyl sites for hydroxylation is 1. The van der Waals surface area contributed by atoms with E-state index in [1.54, 1.807) is 6.07 Å². The lowest BCUT2D eigenvalue weighted by Gasteiger charge is -2.30. The number of nitrogens with two attached hydrogens (primary N) is 1. The fraction of sp³-hybridized carbons (Fsp3) is 0.250. The van der Waals surface area contributed by atoms with Gasteiger partial charge in [-0.1, -0.05) is 29.8 Å². The number of rotatable bonds is 1. The molecule has 0 radical (unpaired) electrons. The summed E-state index contributed by atoms with van der Waals surface area (Å²) in [7, 11) is 0. The third-order valence-corrected chi connectivity index (χ3v) is 4.09. The van der Waals surface area contributed by atoms with Crippen LogP contribution in [-0.4, -0.2) is 0 Å². The first kappa shape index (κ1) is 13.4. The second-order valence-corrected chi connectivity index (χ2v) is 5.55. The van der Waals surface area contributed by atoms with E-state index >= 15 is 0 Å². The van der Waals surface area contributed by atoms with Gasteiger partial charge in [-0.2, -0.15) is 0 Å². The molecule has 4 heteroatoms. The molecular formula is C16H15ClFNO. The van der Waals surface area contributed by atoms with Crippen LogP contribution in [0.4, 0.5) is 4.39 Å². The predicted octanol–water partition coefficient (Wildman–Crippen LogP) is 4.31. The van der Waals surface area contributed by atoms with Gasteiger partial charge in [-0.3, -0.25) is 0 Å². The van der Waals surface area contributed by atoms with Crippen molar-refractivity contribution in [3.63, 3.8) is 0 Å². The Balaban J connectivity index is 1.96. The highest BCUT2D eigenvalue weighted by Gasteiger charge is 2.27. The van der Waals surface area contributed by atoms with Crippen molar-refractivity contribution in [3.05, 3.63) is 63.9 Å².